The van der Waals surface area contributed by atoms with E-state index in [0.717, 1.165) is 17.7 Å². The molecule has 0 atom stereocenters. The molecule has 0 aliphatic rings. The summed E-state index contributed by atoms with van der Waals surface area (Å²) in [6.45, 7) is 8.66. The Balaban J connectivity index is 2.67. The van der Waals surface area contributed by atoms with E-state index in [9.17, 15) is 9.90 Å². The fourth-order valence-electron chi connectivity index (χ4n) is 2.35. The van der Waals surface area contributed by atoms with Crippen molar-refractivity contribution in [3.8, 4) is 11.4 Å². The van der Waals surface area contributed by atoms with Crippen molar-refractivity contribution in [2.75, 3.05) is 0 Å². The molecular formula is C15H19N3O2. The summed E-state index contributed by atoms with van der Waals surface area (Å²) in [7, 11) is 0. The zero-order valence-electron chi connectivity index (χ0n) is 12.2. The van der Waals surface area contributed by atoms with E-state index in [1.54, 1.807) is 13.3 Å². The molecule has 0 saturated heterocycles. The molecule has 106 valence electrons. The van der Waals surface area contributed by atoms with Gasteiger partial charge >= 0.3 is 5.97 Å². The first-order valence-corrected chi connectivity index (χ1v) is 6.63. The largest absolute Gasteiger partial charge is 0.478 e. The lowest BCUT2D eigenvalue weighted by Gasteiger charge is -2.14. The standard InChI is InChI=1S/C15H19N3O2/c1-9(2)7-18-8-16-17-14(18)12-10(3)5-6-11(4)13(12)15(19)20/h5-6,8-9H,7H2,1-4H3,(H,19,20). The van der Waals surface area contributed by atoms with Crippen LogP contribution in [0.1, 0.15) is 35.3 Å². The van der Waals surface area contributed by atoms with Crippen molar-refractivity contribution in [2.24, 2.45) is 5.92 Å². The van der Waals surface area contributed by atoms with Gasteiger partial charge in [-0.05, 0) is 30.9 Å². The quantitative estimate of drug-likeness (QED) is 0.930. The monoisotopic (exact) mass is 273 g/mol. The normalized spacial score (nSPS) is 11.1. The minimum Gasteiger partial charge on any atom is -0.478 e. The fraction of sp³-hybridized carbons (Fsp3) is 0.400. The van der Waals surface area contributed by atoms with E-state index in [4.69, 9.17) is 0 Å². The van der Waals surface area contributed by atoms with E-state index in [1.807, 2.05) is 23.6 Å². The highest BCUT2D eigenvalue weighted by atomic mass is 16.4. The van der Waals surface area contributed by atoms with Gasteiger partial charge in [-0.15, -0.1) is 10.2 Å². The molecule has 0 aliphatic heterocycles. The molecule has 1 N–H and O–H groups in total. The van der Waals surface area contributed by atoms with Crippen molar-refractivity contribution in [2.45, 2.75) is 34.2 Å². The van der Waals surface area contributed by atoms with Gasteiger partial charge in [-0.3, -0.25) is 0 Å². The second-order valence-corrected chi connectivity index (χ2v) is 5.46. The molecule has 5 nitrogen and oxygen atoms in total. The maximum absolute atomic E-state index is 11.6. The molecule has 0 bridgehead atoms. The SMILES string of the molecule is Cc1ccc(C)c(-c2nncn2CC(C)C)c1C(=O)O. The number of carboxylic acid groups (broad SMARTS) is 1. The Morgan fingerprint density at radius 2 is 1.95 bits per heavy atom. The first kappa shape index (κ1) is 14.2. The van der Waals surface area contributed by atoms with Gasteiger partial charge in [-0.2, -0.15) is 0 Å². The number of carbonyl (C=O) groups is 1. The van der Waals surface area contributed by atoms with Crippen LogP contribution in [0.15, 0.2) is 18.5 Å². The molecule has 2 aromatic rings. The zero-order chi connectivity index (χ0) is 14.9. The van der Waals surface area contributed by atoms with Crippen molar-refractivity contribution >= 4 is 5.97 Å². The Morgan fingerprint density at radius 3 is 2.55 bits per heavy atom. The topological polar surface area (TPSA) is 68.0 Å². The van der Waals surface area contributed by atoms with Crippen molar-refractivity contribution < 1.29 is 9.90 Å². The number of nitrogens with zero attached hydrogens (tertiary/aromatic N) is 3. The molecular weight excluding hydrogens is 254 g/mol. The predicted octanol–water partition coefficient (Wildman–Crippen LogP) is 2.92. The Bertz CT molecular complexity index is 645. The molecule has 5 heteroatoms. The number of hydrogen-bond donors (Lipinski definition) is 1. The molecule has 2 rings (SSSR count). The number of carboxylic acids is 1. The van der Waals surface area contributed by atoms with Gasteiger partial charge in [0.1, 0.15) is 6.33 Å². The minimum atomic E-state index is -0.930. The lowest BCUT2D eigenvalue weighted by molar-refractivity contribution is 0.0697. The number of rotatable bonds is 4. The zero-order valence-corrected chi connectivity index (χ0v) is 12.2. The minimum absolute atomic E-state index is 0.308. The number of aromatic carboxylic acids is 1. The molecule has 1 aromatic carbocycles. The van der Waals surface area contributed by atoms with Crippen LogP contribution < -0.4 is 0 Å². The number of aryl methyl sites for hydroxylation is 2. The molecule has 0 saturated carbocycles. The Kier molecular flexibility index (Phi) is 3.88. The van der Waals surface area contributed by atoms with Gasteiger partial charge in [0, 0.05) is 12.1 Å². The van der Waals surface area contributed by atoms with Crippen LogP contribution in [0.3, 0.4) is 0 Å². The highest BCUT2D eigenvalue weighted by Crippen LogP contribution is 2.28. The van der Waals surface area contributed by atoms with Gasteiger partial charge < -0.3 is 9.67 Å². The van der Waals surface area contributed by atoms with Gasteiger partial charge in [0.25, 0.3) is 0 Å². The number of aromatic nitrogens is 3. The molecule has 0 fully saturated rings. The Labute approximate surface area is 118 Å². The highest BCUT2D eigenvalue weighted by Gasteiger charge is 2.21. The molecule has 0 unspecified atom stereocenters. The van der Waals surface area contributed by atoms with Crippen LogP contribution in [0, 0.1) is 19.8 Å². The summed E-state index contributed by atoms with van der Waals surface area (Å²) in [5.41, 5.74) is 2.60. The van der Waals surface area contributed by atoms with Crippen molar-refractivity contribution in [3.05, 3.63) is 35.2 Å². The third kappa shape index (κ3) is 2.57. The van der Waals surface area contributed by atoms with Gasteiger partial charge in [0.2, 0.25) is 0 Å². The Morgan fingerprint density at radius 1 is 1.30 bits per heavy atom. The fourth-order valence-corrected chi connectivity index (χ4v) is 2.35. The average molecular weight is 273 g/mol. The summed E-state index contributed by atoms with van der Waals surface area (Å²) >= 11 is 0. The van der Waals surface area contributed by atoms with Crippen LogP contribution in [0.2, 0.25) is 0 Å². The maximum Gasteiger partial charge on any atom is 0.336 e. The molecule has 0 spiro atoms. The third-order valence-corrected chi connectivity index (χ3v) is 3.24. The molecule has 20 heavy (non-hydrogen) atoms. The summed E-state index contributed by atoms with van der Waals surface area (Å²) in [6, 6.07) is 3.75. The summed E-state index contributed by atoms with van der Waals surface area (Å²) < 4.78 is 1.92. The van der Waals surface area contributed by atoms with Crippen LogP contribution in [-0.4, -0.2) is 25.8 Å². The molecule has 0 radical (unpaired) electrons. The highest BCUT2D eigenvalue weighted by molar-refractivity contribution is 5.97. The van der Waals surface area contributed by atoms with Crippen molar-refractivity contribution in [1.29, 1.82) is 0 Å². The van der Waals surface area contributed by atoms with Crippen LogP contribution in [0.5, 0.6) is 0 Å². The summed E-state index contributed by atoms with van der Waals surface area (Å²) in [5, 5.41) is 17.6. The smallest absolute Gasteiger partial charge is 0.336 e. The van der Waals surface area contributed by atoms with E-state index >= 15 is 0 Å². The second-order valence-electron chi connectivity index (χ2n) is 5.46. The van der Waals surface area contributed by atoms with Gasteiger partial charge in [-0.25, -0.2) is 4.79 Å². The molecule has 0 aliphatic carbocycles. The van der Waals surface area contributed by atoms with Crippen LogP contribution >= 0.6 is 0 Å². The van der Waals surface area contributed by atoms with E-state index < -0.39 is 5.97 Å². The number of benzene rings is 1. The maximum atomic E-state index is 11.6. The van der Waals surface area contributed by atoms with Gasteiger partial charge in [0.05, 0.1) is 5.56 Å². The lowest BCUT2D eigenvalue weighted by Crippen LogP contribution is -2.10. The summed E-state index contributed by atoms with van der Waals surface area (Å²) in [4.78, 5) is 11.6. The van der Waals surface area contributed by atoms with Crippen LogP contribution in [0.25, 0.3) is 11.4 Å². The first-order chi connectivity index (χ1) is 9.41. The number of hydrogen-bond acceptors (Lipinski definition) is 3. The predicted molar refractivity (Wildman–Crippen MR) is 76.7 cm³/mol. The van der Waals surface area contributed by atoms with Gasteiger partial charge in [0.15, 0.2) is 5.82 Å². The van der Waals surface area contributed by atoms with E-state index in [0.29, 0.717) is 22.9 Å². The second kappa shape index (κ2) is 5.45. The third-order valence-electron chi connectivity index (χ3n) is 3.24. The van der Waals surface area contributed by atoms with E-state index in [1.165, 1.54) is 0 Å². The lowest BCUT2D eigenvalue weighted by atomic mass is 9.96. The Hall–Kier alpha value is -2.17. The molecule has 1 aromatic heterocycles. The van der Waals surface area contributed by atoms with Crippen molar-refractivity contribution in [3.63, 3.8) is 0 Å². The summed E-state index contributed by atoms with van der Waals surface area (Å²) in [5.74, 6) is 0.126. The first-order valence-electron chi connectivity index (χ1n) is 6.63. The van der Waals surface area contributed by atoms with Crippen LogP contribution in [-0.2, 0) is 6.54 Å². The van der Waals surface area contributed by atoms with Crippen LogP contribution in [0.4, 0.5) is 0 Å². The van der Waals surface area contributed by atoms with Gasteiger partial charge in [-0.1, -0.05) is 26.0 Å². The van der Waals surface area contributed by atoms with E-state index in [2.05, 4.69) is 24.0 Å². The summed E-state index contributed by atoms with van der Waals surface area (Å²) in [6.07, 6.45) is 1.66. The molecule has 0 amide bonds. The van der Waals surface area contributed by atoms with Crippen molar-refractivity contribution in [1.82, 2.24) is 14.8 Å². The molecule has 1 heterocycles. The average Bonchev–Trinajstić information content (AvgIpc) is 2.78. The van der Waals surface area contributed by atoms with E-state index in [-0.39, 0.29) is 0 Å².